The number of aromatic nitrogens is 3. The maximum absolute atomic E-state index is 5.99. The minimum atomic E-state index is 0.296. The van der Waals surface area contributed by atoms with E-state index in [1.54, 1.807) is 12.3 Å². The van der Waals surface area contributed by atoms with Gasteiger partial charge in [-0.2, -0.15) is 0 Å². The predicted molar refractivity (Wildman–Crippen MR) is 76.6 cm³/mol. The molecule has 0 atom stereocenters. The number of hydrogen-bond acceptors (Lipinski definition) is 5. The fraction of sp³-hybridized carbons (Fsp3) is 0. The summed E-state index contributed by atoms with van der Waals surface area (Å²) in [5.41, 5.74) is 12.9. The van der Waals surface area contributed by atoms with Crippen LogP contribution in [0.1, 0.15) is 0 Å². The van der Waals surface area contributed by atoms with Gasteiger partial charge in [-0.05, 0) is 29.7 Å². The van der Waals surface area contributed by atoms with Crippen LogP contribution in [0.15, 0.2) is 36.5 Å². The maximum atomic E-state index is 5.99. The predicted octanol–water partition coefficient (Wildman–Crippen LogP) is 2.51. The normalized spacial score (nSPS) is 10.8. The third kappa shape index (κ3) is 2.04. The number of hydrogen-bond donors (Lipinski definition) is 2. The van der Waals surface area contributed by atoms with Gasteiger partial charge in [0.05, 0.1) is 5.69 Å². The van der Waals surface area contributed by atoms with E-state index in [2.05, 4.69) is 15.2 Å². The quantitative estimate of drug-likeness (QED) is 0.710. The molecule has 0 unspecified atom stereocenters. The first kappa shape index (κ1) is 11.7. The molecule has 0 bridgehead atoms. The molecule has 19 heavy (non-hydrogen) atoms. The zero-order chi connectivity index (χ0) is 13.4. The largest absolute Gasteiger partial charge is 0.382 e. The molecule has 0 aliphatic carbocycles. The van der Waals surface area contributed by atoms with E-state index in [4.69, 9.17) is 23.1 Å². The molecule has 6 heteroatoms. The fourth-order valence-electron chi connectivity index (χ4n) is 1.97. The van der Waals surface area contributed by atoms with E-state index >= 15 is 0 Å². The summed E-state index contributed by atoms with van der Waals surface area (Å²) in [6.45, 7) is 0. The first-order valence-corrected chi connectivity index (χ1v) is 5.96. The molecule has 0 aliphatic rings. The Morgan fingerprint density at radius 1 is 1.00 bits per heavy atom. The van der Waals surface area contributed by atoms with Gasteiger partial charge < -0.3 is 11.5 Å². The number of nitrogens with two attached hydrogens (primary N) is 2. The van der Waals surface area contributed by atoms with Gasteiger partial charge in [0.15, 0.2) is 5.82 Å². The van der Waals surface area contributed by atoms with E-state index in [1.165, 1.54) is 0 Å². The maximum Gasteiger partial charge on any atom is 0.155 e. The van der Waals surface area contributed by atoms with Gasteiger partial charge in [-0.25, -0.2) is 0 Å². The summed E-state index contributed by atoms with van der Waals surface area (Å²) in [6.07, 6.45) is 1.70. The molecule has 0 saturated heterocycles. The monoisotopic (exact) mass is 271 g/mol. The molecular weight excluding hydrogens is 262 g/mol. The number of fused-ring (bicyclic) bond motifs is 1. The van der Waals surface area contributed by atoms with Gasteiger partial charge in [0.2, 0.25) is 0 Å². The first-order valence-electron chi connectivity index (χ1n) is 5.58. The molecule has 3 rings (SSSR count). The van der Waals surface area contributed by atoms with Crippen LogP contribution in [0.25, 0.3) is 22.0 Å². The van der Waals surface area contributed by atoms with E-state index in [0.717, 1.165) is 10.8 Å². The summed E-state index contributed by atoms with van der Waals surface area (Å²) in [6, 6.07) is 9.13. The highest BCUT2D eigenvalue weighted by Crippen LogP contribution is 2.31. The Hall–Kier alpha value is -2.40. The van der Waals surface area contributed by atoms with Gasteiger partial charge in [-0.15, -0.1) is 10.2 Å². The smallest absolute Gasteiger partial charge is 0.155 e. The number of rotatable bonds is 1. The average Bonchev–Trinajstić information content (AvgIpc) is 2.40. The van der Waals surface area contributed by atoms with Crippen molar-refractivity contribution in [3.8, 4) is 11.3 Å². The minimum absolute atomic E-state index is 0.296. The Labute approximate surface area is 114 Å². The molecule has 0 amide bonds. The number of halogens is 1. The minimum Gasteiger partial charge on any atom is -0.382 e. The molecule has 1 aromatic carbocycles. The van der Waals surface area contributed by atoms with Crippen LogP contribution in [0.4, 0.5) is 11.6 Å². The number of benzene rings is 1. The summed E-state index contributed by atoms with van der Waals surface area (Å²) < 4.78 is 0. The molecule has 0 fully saturated rings. The van der Waals surface area contributed by atoms with Crippen molar-refractivity contribution in [3.63, 3.8) is 0 Å². The molecule has 2 heterocycles. The summed E-state index contributed by atoms with van der Waals surface area (Å²) in [5.74, 6) is 0.598. The molecule has 2 aromatic heterocycles. The van der Waals surface area contributed by atoms with E-state index in [-0.39, 0.29) is 0 Å². The molecule has 0 saturated carbocycles. The topological polar surface area (TPSA) is 90.7 Å². The van der Waals surface area contributed by atoms with Crippen molar-refractivity contribution in [2.24, 2.45) is 0 Å². The number of pyridine rings is 1. The molecule has 3 aromatic rings. The number of anilines is 2. The van der Waals surface area contributed by atoms with Crippen LogP contribution in [-0.4, -0.2) is 15.2 Å². The van der Waals surface area contributed by atoms with E-state index < -0.39 is 0 Å². The van der Waals surface area contributed by atoms with Gasteiger partial charge in [-0.1, -0.05) is 17.7 Å². The molecule has 0 spiro atoms. The van der Waals surface area contributed by atoms with Gasteiger partial charge >= 0.3 is 0 Å². The van der Waals surface area contributed by atoms with E-state index in [9.17, 15) is 0 Å². The molecule has 0 radical (unpaired) electrons. The Morgan fingerprint density at radius 2 is 1.84 bits per heavy atom. The lowest BCUT2D eigenvalue weighted by atomic mass is 10.1. The van der Waals surface area contributed by atoms with Crippen LogP contribution >= 0.6 is 11.6 Å². The molecule has 94 valence electrons. The molecule has 4 N–H and O–H groups in total. The SMILES string of the molecule is Nc1cc(-c2nccc3cc(Cl)ccc23)c(N)nn1. The van der Waals surface area contributed by atoms with Crippen LogP contribution in [0.3, 0.4) is 0 Å². The molecular formula is C13H10ClN5. The highest BCUT2D eigenvalue weighted by Gasteiger charge is 2.11. The van der Waals surface area contributed by atoms with Crippen molar-refractivity contribution in [1.29, 1.82) is 0 Å². The second-order valence-corrected chi connectivity index (χ2v) is 4.53. The summed E-state index contributed by atoms with van der Waals surface area (Å²) in [7, 11) is 0. The average molecular weight is 272 g/mol. The fourth-order valence-corrected chi connectivity index (χ4v) is 2.15. The lowest BCUT2D eigenvalue weighted by Crippen LogP contribution is -2.01. The first-order chi connectivity index (χ1) is 9.15. The lowest BCUT2D eigenvalue weighted by molar-refractivity contribution is 1.05. The summed E-state index contributed by atoms with van der Waals surface area (Å²) >= 11 is 5.99. The van der Waals surface area contributed by atoms with Gasteiger partial charge in [0.25, 0.3) is 0 Å². The number of nitrogens with zero attached hydrogens (tertiary/aromatic N) is 3. The Kier molecular flexibility index (Phi) is 2.68. The van der Waals surface area contributed by atoms with Crippen molar-refractivity contribution in [2.75, 3.05) is 11.5 Å². The van der Waals surface area contributed by atoms with Crippen molar-refractivity contribution < 1.29 is 0 Å². The van der Waals surface area contributed by atoms with Crippen molar-refractivity contribution >= 4 is 34.0 Å². The van der Waals surface area contributed by atoms with Crippen LogP contribution < -0.4 is 11.5 Å². The lowest BCUT2D eigenvalue weighted by Gasteiger charge is -2.08. The van der Waals surface area contributed by atoms with Crippen LogP contribution in [0, 0.1) is 0 Å². The van der Waals surface area contributed by atoms with Crippen LogP contribution in [0.5, 0.6) is 0 Å². The second kappa shape index (κ2) is 4.37. The highest BCUT2D eigenvalue weighted by molar-refractivity contribution is 6.31. The van der Waals surface area contributed by atoms with Crippen molar-refractivity contribution in [3.05, 3.63) is 41.6 Å². The highest BCUT2D eigenvalue weighted by atomic mass is 35.5. The Morgan fingerprint density at radius 3 is 2.68 bits per heavy atom. The number of nitrogen functional groups attached to an aromatic ring is 2. The van der Waals surface area contributed by atoms with Crippen molar-refractivity contribution in [1.82, 2.24) is 15.2 Å². The van der Waals surface area contributed by atoms with Crippen LogP contribution in [0.2, 0.25) is 5.02 Å². The van der Waals surface area contributed by atoms with E-state index in [1.807, 2.05) is 24.3 Å². The van der Waals surface area contributed by atoms with Gasteiger partial charge in [0, 0.05) is 22.2 Å². The standard InChI is InChI=1S/C13H10ClN5/c14-8-1-2-9-7(5-8)3-4-17-12(9)10-6-11(15)18-19-13(10)16/h1-6H,(H2,15,18)(H2,16,19). The second-order valence-electron chi connectivity index (χ2n) is 4.09. The zero-order valence-electron chi connectivity index (χ0n) is 9.84. The van der Waals surface area contributed by atoms with Gasteiger partial charge in [-0.3, -0.25) is 4.98 Å². The summed E-state index contributed by atoms with van der Waals surface area (Å²) in [4.78, 5) is 4.36. The molecule has 0 aliphatic heterocycles. The zero-order valence-corrected chi connectivity index (χ0v) is 10.6. The Balaban J connectivity index is 2.33. The van der Waals surface area contributed by atoms with Crippen LogP contribution in [-0.2, 0) is 0 Å². The van der Waals surface area contributed by atoms with E-state index in [0.29, 0.717) is 27.9 Å². The third-order valence-electron chi connectivity index (χ3n) is 2.82. The molecule has 5 nitrogen and oxygen atoms in total. The summed E-state index contributed by atoms with van der Waals surface area (Å²) in [5, 5.41) is 10.1. The van der Waals surface area contributed by atoms with Gasteiger partial charge in [0.1, 0.15) is 5.82 Å². The Bertz CT molecular complexity index is 772. The van der Waals surface area contributed by atoms with Crippen molar-refractivity contribution in [2.45, 2.75) is 0 Å². The third-order valence-corrected chi connectivity index (χ3v) is 3.06.